The Hall–Kier alpha value is -1.71. The van der Waals surface area contributed by atoms with Crippen molar-refractivity contribution in [2.45, 2.75) is 27.7 Å². The number of hydrogen-bond acceptors (Lipinski definition) is 3. The number of hydrogen-bond donors (Lipinski definition) is 0. The Balaban J connectivity index is 2.58. The predicted octanol–water partition coefficient (Wildman–Crippen LogP) is 1.90. The first-order chi connectivity index (χ1) is 7.08. The summed E-state index contributed by atoms with van der Waals surface area (Å²) in [6.45, 7) is 7.97. The summed E-state index contributed by atoms with van der Waals surface area (Å²) in [7, 11) is 0. The van der Waals surface area contributed by atoms with E-state index in [2.05, 4.69) is 15.1 Å². The van der Waals surface area contributed by atoms with Crippen molar-refractivity contribution in [2.24, 2.45) is 0 Å². The van der Waals surface area contributed by atoms with E-state index in [0.29, 0.717) is 5.95 Å². The first-order valence-electron chi connectivity index (χ1n) is 4.92. The van der Waals surface area contributed by atoms with Crippen molar-refractivity contribution in [1.82, 2.24) is 19.7 Å². The molecule has 0 unspecified atom stereocenters. The van der Waals surface area contributed by atoms with Crippen LogP contribution in [-0.4, -0.2) is 19.7 Å². The molecule has 0 fully saturated rings. The van der Waals surface area contributed by atoms with Crippen LogP contribution in [0.5, 0.6) is 0 Å². The van der Waals surface area contributed by atoms with E-state index in [1.54, 1.807) is 4.68 Å². The smallest absolute Gasteiger partial charge is 0.216 e. The van der Waals surface area contributed by atoms with Gasteiger partial charge >= 0.3 is 0 Å². The lowest BCUT2D eigenvalue weighted by Crippen LogP contribution is -2.06. The van der Waals surface area contributed by atoms with E-state index in [4.69, 9.17) is 0 Å². The van der Waals surface area contributed by atoms with Crippen LogP contribution in [0.1, 0.15) is 22.6 Å². The summed E-state index contributed by atoms with van der Waals surface area (Å²) in [6, 6.07) is 1.95. The van der Waals surface area contributed by atoms with Gasteiger partial charge in [-0.1, -0.05) is 0 Å². The fourth-order valence-corrected chi connectivity index (χ4v) is 1.50. The molecule has 2 heterocycles. The quantitative estimate of drug-likeness (QED) is 0.709. The van der Waals surface area contributed by atoms with Gasteiger partial charge in [-0.15, -0.1) is 0 Å². The third kappa shape index (κ3) is 1.75. The molecule has 4 nitrogen and oxygen atoms in total. The summed E-state index contributed by atoms with van der Waals surface area (Å²) in [5.41, 5.74) is 4.16. The van der Waals surface area contributed by atoms with Crippen molar-refractivity contribution in [1.29, 1.82) is 0 Å². The van der Waals surface area contributed by atoms with Crippen LogP contribution in [0.3, 0.4) is 0 Å². The van der Waals surface area contributed by atoms with E-state index in [9.17, 15) is 0 Å². The maximum absolute atomic E-state index is 4.37. The molecule has 0 aliphatic carbocycles. The highest BCUT2D eigenvalue weighted by atomic mass is 15.3. The van der Waals surface area contributed by atoms with Crippen LogP contribution in [0.25, 0.3) is 5.95 Å². The molecule has 0 saturated carbocycles. The number of nitrogens with zero attached hydrogens (tertiary/aromatic N) is 4. The summed E-state index contributed by atoms with van der Waals surface area (Å²) in [6.07, 6.45) is 1.83. The number of aryl methyl sites for hydroxylation is 3. The average molecular weight is 202 g/mol. The van der Waals surface area contributed by atoms with Crippen molar-refractivity contribution in [3.05, 3.63) is 34.9 Å². The molecule has 0 N–H and O–H groups in total. The summed E-state index contributed by atoms with van der Waals surface area (Å²) < 4.78 is 1.77. The SMILES string of the molecule is Cc1cc(C)nc(-n2ncc(C)c2C)n1. The molecule has 2 aromatic rings. The molecule has 0 aliphatic rings. The zero-order chi connectivity index (χ0) is 11.0. The minimum atomic E-state index is 0.651. The standard InChI is InChI=1S/C11H14N4/c1-7-6-12-15(10(7)4)11-13-8(2)5-9(3)14-11/h5-6H,1-4H3. The Bertz CT molecular complexity index is 479. The van der Waals surface area contributed by atoms with Crippen LogP contribution in [0.4, 0.5) is 0 Å². The van der Waals surface area contributed by atoms with Gasteiger partial charge in [0.2, 0.25) is 0 Å². The van der Waals surface area contributed by atoms with Gasteiger partial charge in [0.1, 0.15) is 0 Å². The van der Waals surface area contributed by atoms with Crippen LogP contribution in [0, 0.1) is 27.7 Å². The van der Waals surface area contributed by atoms with Gasteiger partial charge in [-0.2, -0.15) is 5.10 Å². The Morgan fingerprint density at radius 2 is 1.60 bits per heavy atom. The van der Waals surface area contributed by atoms with Crippen LogP contribution in [0.15, 0.2) is 12.3 Å². The largest absolute Gasteiger partial charge is 0.251 e. The lowest BCUT2D eigenvalue weighted by molar-refractivity contribution is 0.770. The molecule has 15 heavy (non-hydrogen) atoms. The second-order valence-corrected chi connectivity index (χ2v) is 3.78. The van der Waals surface area contributed by atoms with E-state index in [1.807, 2.05) is 40.0 Å². The summed E-state index contributed by atoms with van der Waals surface area (Å²) in [5, 5.41) is 4.26. The Morgan fingerprint density at radius 3 is 2.07 bits per heavy atom. The maximum Gasteiger partial charge on any atom is 0.251 e. The van der Waals surface area contributed by atoms with E-state index in [1.165, 1.54) is 0 Å². The fourth-order valence-electron chi connectivity index (χ4n) is 1.50. The summed E-state index contributed by atoms with van der Waals surface area (Å²) >= 11 is 0. The van der Waals surface area contributed by atoms with Crippen molar-refractivity contribution in [2.75, 3.05) is 0 Å². The number of aromatic nitrogens is 4. The van der Waals surface area contributed by atoms with Gasteiger partial charge in [0.15, 0.2) is 0 Å². The molecule has 4 heteroatoms. The molecule has 0 atom stereocenters. The molecule has 0 saturated heterocycles. The van der Waals surface area contributed by atoms with Crippen molar-refractivity contribution >= 4 is 0 Å². The molecule has 78 valence electrons. The first-order valence-corrected chi connectivity index (χ1v) is 4.92. The Kier molecular flexibility index (Phi) is 2.26. The van der Waals surface area contributed by atoms with Gasteiger partial charge in [-0.25, -0.2) is 14.6 Å². The molecule has 0 aliphatic heterocycles. The van der Waals surface area contributed by atoms with Crippen molar-refractivity contribution in [3.63, 3.8) is 0 Å². The molecule has 0 bridgehead atoms. The second kappa shape index (κ2) is 3.46. The molecular weight excluding hydrogens is 188 g/mol. The third-order valence-corrected chi connectivity index (χ3v) is 2.42. The molecule has 0 radical (unpaired) electrons. The van der Waals surface area contributed by atoms with Gasteiger partial charge in [-0.05, 0) is 39.3 Å². The van der Waals surface area contributed by atoms with E-state index >= 15 is 0 Å². The van der Waals surface area contributed by atoms with Gasteiger partial charge < -0.3 is 0 Å². The van der Waals surface area contributed by atoms with E-state index in [-0.39, 0.29) is 0 Å². The normalized spacial score (nSPS) is 10.7. The molecule has 0 spiro atoms. The monoisotopic (exact) mass is 202 g/mol. The zero-order valence-corrected chi connectivity index (χ0v) is 9.44. The fraction of sp³-hybridized carbons (Fsp3) is 0.364. The summed E-state index contributed by atoms with van der Waals surface area (Å²) in [5.74, 6) is 0.651. The Morgan fingerprint density at radius 1 is 1.00 bits per heavy atom. The van der Waals surface area contributed by atoms with E-state index < -0.39 is 0 Å². The third-order valence-electron chi connectivity index (χ3n) is 2.42. The van der Waals surface area contributed by atoms with Crippen LogP contribution < -0.4 is 0 Å². The molecule has 0 amide bonds. The minimum absolute atomic E-state index is 0.651. The van der Waals surface area contributed by atoms with Crippen LogP contribution in [-0.2, 0) is 0 Å². The topological polar surface area (TPSA) is 43.6 Å². The van der Waals surface area contributed by atoms with Crippen LogP contribution in [0.2, 0.25) is 0 Å². The molecule has 0 aromatic carbocycles. The second-order valence-electron chi connectivity index (χ2n) is 3.78. The van der Waals surface area contributed by atoms with Crippen molar-refractivity contribution in [3.8, 4) is 5.95 Å². The minimum Gasteiger partial charge on any atom is -0.216 e. The van der Waals surface area contributed by atoms with Crippen LogP contribution >= 0.6 is 0 Å². The van der Waals surface area contributed by atoms with Gasteiger partial charge in [-0.3, -0.25) is 0 Å². The lowest BCUT2D eigenvalue weighted by atomic mass is 10.3. The van der Waals surface area contributed by atoms with Gasteiger partial charge in [0.05, 0.1) is 6.20 Å². The molecule has 2 aromatic heterocycles. The predicted molar refractivity (Wildman–Crippen MR) is 58.1 cm³/mol. The highest BCUT2D eigenvalue weighted by Gasteiger charge is 2.07. The summed E-state index contributed by atoms with van der Waals surface area (Å²) in [4.78, 5) is 8.74. The Labute approximate surface area is 89.0 Å². The molecular formula is C11H14N4. The average Bonchev–Trinajstić information content (AvgIpc) is 2.46. The maximum atomic E-state index is 4.37. The van der Waals surface area contributed by atoms with Gasteiger partial charge in [0.25, 0.3) is 5.95 Å². The van der Waals surface area contributed by atoms with Crippen molar-refractivity contribution < 1.29 is 0 Å². The number of rotatable bonds is 1. The highest BCUT2D eigenvalue weighted by molar-refractivity contribution is 5.24. The van der Waals surface area contributed by atoms with Gasteiger partial charge in [0, 0.05) is 17.1 Å². The molecule has 2 rings (SSSR count). The lowest BCUT2D eigenvalue weighted by Gasteiger charge is -2.04. The first kappa shape index (κ1) is 9.83. The zero-order valence-electron chi connectivity index (χ0n) is 9.44. The van der Waals surface area contributed by atoms with E-state index in [0.717, 1.165) is 22.6 Å². The highest BCUT2D eigenvalue weighted by Crippen LogP contribution is 2.10.